The molecule has 0 aromatic heterocycles. The van der Waals surface area contributed by atoms with Crippen molar-refractivity contribution in [2.45, 2.75) is 13.0 Å². The Kier molecular flexibility index (Phi) is 4.06. The van der Waals surface area contributed by atoms with Gasteiger partial charge in [-0.25, -0.2) is 4.79 Å². The van der Waals surface area contributed by atoms with Crippen LogP contribution in [0.3, 0.4) is 0 Å². The van der Waals surface area contributed by atoms with Crippen LogP contribution in [0.4, 0.5) is 0 Å². The fourth-order valence-electron chi connectivity index (χ4n) is 1.39. The van der Waals surface area contributed by atoms with E-state index in [1.165, 1.54) is 18.9 Å². The maximum Gasteiger partial charge on any atom is 0.331 e. The molecule has 16 heavy (non-hydrogen) atoms. The molecule has 0 aliphatic rings. The highest BCUT2D eigenvalue weighted by molar-refractivity contribution is 9.10. The summed E-state index contributed by atoms with van der Waals surface area (Å²) in [6.45, 7) is 1.34. The van der Waals surface area contributed by atoms with Crippen LogP contribution in [0, 0.1) is 0 Å². The molecule has 5 heteroatoms. The first-order valence-electron chi connectivity index (χ1n) is 4.65. The molecule has 1 aromatic rings. The zero-order chi connectivity index (χ0) is 12.3. The third kappa shape index (κ3) is 2.61. The molecule has 0 saturated carbocycles. The highest BCUT2D eigenvalue weighted by atomic mass is 79.9. The van der Waals surface area contributed by atoms with E-state index >= 15 is 0 Å². The zero-order valence-electron chi connectivity index (χ0n) is 8.98. The van der Waals surface area contributed by atoms with Gasteiger partial charge in [-0.05, 0) is 11.6 Å². The van der Waals surface area contributed by atoms with Gasteiger partial charge >= 0.3 is 5.97 Å². The lowest BCUT2D eigenvalue weighted by Gasteiger charge is -2.24. The van der Waals surface area contributed by atoms with E-state index < -0.39 is 12.0 Å². The van der Waals surface area contributed by atoms with Gasteiger partial charge in [-0.1, -0.05) is 34.1 Å². The van der Waals surface area contributed by atoms with E-state index in [9.17, 15) is 9.59 Å². The number of rotatable bonds is 3. The summed E-state index contributed by atoms with van der Waals surface area (Å²) < 4.78 is 0.676. The Morgan fingerprint density at radius 3 is 2.38 bits per heavy atom. The molecule has 1 N–H and O–H groups in total. The number of amides is 1. The largest absolute Gasteiger partial charge is 0.479 e. The van der Waals surface area contributed by atoms with Crippen LogP contribution in [0.1, 0.15) is 18.5 Å². The molecular formula is C11H12BrNO3. The van der Waals surface area contributed by atoms with Crippen molar-refractivity contribution in [1.82, 2.24) is 4.90 Å². The van der Waals surface area contributed by atoms with Crippen molar-refractivity contribution in [3.05, 3.63) is 34.3 Å². The number of carboxylic acid groups (broad SMARTS) is 1. The molecule has 0 spiro atoms. The number of carboxylic acids is 1. The summed E-state index contributed by atoms with van der Waals surface area (Å²) in [5.41, 5.74) is 0.563. The Labute approximate surface area is 102 Å². The second-order valence-corrected chi connectivity index (χ2v) is 4.25. The topological polar surface area (TPSA) is 57.6 Å². The molecule has 1 atom stereocenters. The van der Waals surface area contributed by atoms with Gasteiger partial charge in [0.2, 0.25) is 5.91 Å². The molecule has 1 rings (SSSR count). The standard InChI is InChI=1S/C11H12BrNO3/c1-7(14)13(2)10(11(15)16)8-5-3-4-6-9(8)12/h3-6,10H,1-2H3,(H,15,16). The minimum absolute atomic E-state index is 0.289. The Bertz CT molecular complexity index is 419. The Hall–Kier alpha value is -1.36. The zero-order valence-corrected chi connectivity index (χ0v) is 10.6. The third-order valence-corrected chi connectivity index (χ3v) is 3.04. The average molecular weight is 286 g/mol. The van der Waals surface area contributed by atoms with Crippen LogP contribution in [-0.2, 0) is 9.59 Å². The number of halogens is 1. The lowest BCUT2D eigenvalue weighted by Crippen LogP contribution is -2.34. The van der Waals surface area contributed by atoms with Gasteiger partial charge in [0, 0.05) is 18.4 Å². The molecule has 0 fully saturated rings. The predicted molar refractivity (Wildman–Crippen MR) is 63.0 cm³/mol. The van der Waals surface area contributed by atoms with Crippen molar-refractivity contribution < 1.29 is 14.7 Å². The SMILES string of the molecule is CC(=O)N(C)C(C(=O)O)c1ccccc1Br. The quantitative estimate of drug-likeness (QED) is 0.925. The molecule has 0 bridgehead atoms. The minimum atomic E-state index is -1.05. The maximum absolute atomic E-state index is 11.2. The predicted octanol–water partition coefficient (Wildman–Crippen LogP) is 2.05. The summed E-state index contributed by atoms with van der Waals surface area (Å²) in [5.74, 6) is -1.34. The molecule has 0 saturated heterocycles. The lowest BCUT2D eigenvalue weighted by atomic mass is 10.1. The van der Waals surface area contributed by atoms with E-state index in [2.05, 4.69) is 15.9 Å². The van der Waals surface area contributed by atoms with Crippen molar-refractivity contribution in [2.24, 2.45) is 0 Å². The second-order valence-electron chi connectivity index (χ2n) is 3.39. The van der Waals surface area contributed by atoms with E-state index in [-0.39, 0.29) is 5.91 Å². The summed E-state index contributed by atoms with van der Waals surface area (Å²) in [6.07, 6.45) is 0. The van der Waals surface area contributed by atoms with Gasteiger partial charge in [0.15, 0.2) is 6.04 Å². The van der Waals surface area contributed by atoms with Crippen molar-refractivity contribution >= 4 is 27.8 Å². The van der Waals surface area contributed by atoms with Crippen LogP contribution < -0.4 is 0 Å². The van der Waals surface area contributed by atoms with E-state index in [0.29, 0.717) is 10.0 Å². The van der Waals surface area contributed by atoms with Crippen LogP contribution >= 0.6 is 15.9 Å². The van der Waals surface area contributed by atoms with Gasteiger partial charge in [0.25, 0.3) is 0 Å². The third-order valence-electron chi connectivity index (χ3n) is 2.32. The summed E-state index contributed by atoms with van der Waals surface area (Å²) in [6, 6.07) is 6.00. The Morgan fingerprint density at radius 2 is 1.94 bits per heavy atom. The molecule has 1 unspecified atom stereocenters. The molecule has 1 amide bonds. The Balaban J connectivity index is 3.18. The molecule has 0 aliphatic heterocycles. The molecule has 86 valence electrons. The maximum atomic E-state index is 11.2. The van der Waals surface area contributed by atoms with Crippen molar-refractivity contribution in [3.63, 3.8) is 0 Å². The second kappa shape index (κ2) is 5.12. The molecule has 0 radical (unpaired) electrons. The number of benzene rings is 1. The number of nitrogens with zero attached hydrogens (tertiary/aromatic N) is 1. The van der Waals surface area contributed by atoms with Crippen molar-refractivity contribution in [3.8, 4) is 0 Å². The fourth-order valence-corrected chi connectivity index (χ4v) is 1.89. The number of likely N-dealkylation sites (N-methyl/N-ethyl adjacent to an activating group) is 1. The first-order valence-corrected chi connectivity index (χ1v) is 5.45. The average Bonchev–Trinajstić information content (AvgIpc) is 2.20. The number of carbonyl (C=O) groups excluding carboxylic acids is 1. The number of hydrogen-bond donors (Lipinski definition) is 1. The lowest BCUT2D eigenvalue weighted by molar-refractivity contribution is -0.148. The molecule has 0 aliphatic carbocycles. The number of aliphatic carboxylic acids is 1. The van der Waals surface area contributed by atoms with Gasteiger partial charge in [0.1, 0.15) is 0 Å². The highest BCUT2D eigenvalue weighted by Crippen LogP contribution is 2.27. The number of hydrogen-bond acceptors (Lipinski definition) is 2. The summed E-state index contributed by atoms with van der Waals surface area (Å²) in [5, 5.41) is 9.16. The monoisotopic (exact) mass is 285 g/mol. The van der Waals surface area contributed by atoms with Crippen LogP contribution in [0.25, 0.3) is 0 Å². The first kappa shape index (κ1) is 12.7. The van der Waals surface area contributed by atoms with Crippen molar-refractivity contribution in [2.75, 3.05) is 7.05 Å². The minimum Gasteiger partial charge on any atom is -0.479 e. The normalized spacial score (nSPS) is 11.9. The van der Waals surface area contributed by atoms with Crippen LogP contribution in [0.15, 0.2) is 28.7 Å². The Morgan fingerprint density at radius 1 is 1.38 bits per heavy atom. The van der Waals surface area contributed by atoms with Gasteiger partial charge in [-0.15, -0.1) is 0 Å². The van der Waals surface area contributed by atoms with Gasteiger partial charge in [-0.2, -0.15) is 0 Å². The highest BCUT2D eigenvalue weighted by Gasteiger charge is 2.27. The van der Waals surface area contributed by atoms with E-state index in [0.717, 1.165) is 0 Å². The van der Waals surface area contributed by atoms with E-state index in [1.54, 1.807) is 24.3 Å². The van der Waals surface area contributed by atoms with E-state index in [1.807, 2.05) is 0 Å². The van der Waals surface area contributed by atoms with Crippen molar-refractivity contribution in [1.29, 1.82) is 0 Å². The summed E-state index contributed by atoms with van der Waals surface area (Å²) in [4.78, 5) is 23.6. The van der Waals surface area contributed by atoms with Crippen LogP contribution in [0.5, 0.6) is 0 Å². The fraction of sp³-hybridized carbons (Fsp3) is 0.273. The molecule has 0 heterocycles. The number of carbonyl (C=O) groups is 2. The molecule has 1 aromatic carbocycles. The van der Waals surface area contributed by atoms with Crippen LogP contribution in [0.2, 0.25) is 0 Å². The molecule has 4 nitrogen and oxygen atoms in total. The van der Waals surface area contributed by atoms with Crippen LogP contribution in [-0.4, -0.2) is 28.9 Å². The summed E-state index contributed by atoms with van der Waals surface area (Å²) in [7, 11) is 1.47. The van der Waals surface area contributed by atoms with Gasteiger partial charge in [-0.3, -0.25) is 4.79 Å². The summed E-state index contributed by atoms with van der Waals surface area (Å²) >= 11 is 3.28. The van der Waals surface area contributed by atoms with Gasteiger partial charge < -0.3 is 10.0 Å². The smallest absolute Gasteiger partial charge is 0.331 e. The molecular weight excluding hydrogens is 274 g/mol. The van der Waals surface area contributed by atoms with E-state index in [4.69, 9.17) is 5.11 Å². The first-order chi connectivity index (χ1) is 7.45. The van der Waals surface area contributed by atoms with Gasteiger partial charge in [0.05, 0.1) is 0 Å².